The zero-order chi connectivity index (χ0) is 24.6. The maximum Gasteiger partial charge on any atom is 0.271 e. The number of fused-ring (bicyclic) bond motifs is 1. The van der Waals surface area contributed by atoms with Crippen molar-refractivity contribution in [3.8, 4) is 11.4 Å². The Kier molecular flexibility index (Phi) is 6.65. The number of aryl methyl sites for hydroxylation is 2. The third-order valence-electron chi connectivity index (χ3n) is 5.23. The topological polar surface area (TPSA) is 116 Å². The summed E-state index contributed by atoms with van der Waals surface area (Å²) < 4.78 is 30.1. The Morgan fingerprint density at radius 1 is 1.21 bits per heavy atom. The molecule has 34 heavy (non-hydrogen) atoms. The summed E-state index contributed by atoms with van der Waals surface area (Å²) in [5, 5.41) is 13.9. The van der Waals surface area contributed by atoms with Gasteiger partial charge in [-0.1, -0.05) is 29.4 Å². The van der Waals surface area contributed by atoms with Crippen molar-refractivity contribution in [2.75, 3.05) is 12.3 Å². The molecule has 0 saturated heterocycles. The van der Waals surface area contributed by atoms with E-state index in [0.29, 0.717) is 11.0 Å². The molecule has 1 aromatic carbocycles. The van der Waals surface area contributed by atoms with E-state index in [2.05, 4.69) is 20.3 Å². The summed E-state index contributed by atoms with van der Waals surface area (Å²) in [6.07, 6.45) is 1.74. The van der Waals surface area contributed by atoms with Crippen LogP contribution in [0.25, 0.3) is 22.3 Å². The van der Waals surface area contributed by atoms with Gasteiger partial charge in [0.15, 0.2) is 11.0 Å². The van der Waals surface area contributed by atoms with E-state index in [9.17, 15) is 13.2 Å². The average molecular weight is 520 g/mol. The first-order chi connectivity index (χ1) is 16.1. The van der Waals surface area contributed by atoms with Gasteiger partial charge in [-0.15, -0.1) is 10.2 Å². The molecule has 4 aromatic rings. The summed E-state index contributed by atoms with van der Waals surface area (Å²) in [6, 6.07) is 9.61. The zero-order valence-corrected chi connectivity index (χ0v) is 21.3. The molecule has 0 unspecified atom stereocenters. The second kappa shape index (κ2) is 9.35. The number of hydrogen-bond donors (Lipinski definition) is 0. The maximum absolute atomic E-state index is 13.2. The average Bonchev–Trinajstić information content (AvgIpc) is 3.30. The third-order valence-corrected chi connectivity index (χ3v) is 8.83. The van der Waals surface area contributed by atoms with Crippen molar-refractivity contribution < 1.29 is 13.2 Å². The molecule has 0 spiro atoms. The number of pyridine rings is 1. The summed E-state index contributed by atoms with van der Waals surface area (Å²) in [6.45, 7) is 3.09. The van der Waals surface area contributed by atoms with Crippen LogP contribution < -0.4 is 0 Å². The van der Waals surface area contributed by atoms with E-state index in [4.69, 9.17) is 11.6 Å². The van der Waals surface area contributed by atoms with Crippen LogP contribution >= 0.6 is 23.4 Å². The number of nitrogens with zero attached hydrogens (tertiary/aromatic N) is 7. The van der Waals surface area contributed by atoms with Crippen LogP contribution in [-0.2, 0) is 28.9 Å². The van der Waals surface area contributed by atoms with E-state index in [-0.39, 0.29) is 28.0 Å². The van der Waals surface area contributed by atoms with Gasteiger partial charge >= 0.3 is 0 Å². The monoisotopic (exact) mass is 519 g/mol. The minimum Gasteiger partial charge on any atom is -0.305 e. The van der Waals surface area contributed by atoms with E-state index in [1.165, 1.54) is 11.6 Å². The van der Waals surface area contributed by atoms with Gasteiger partial charge in [-0.3, -0.25) is 14.5 Å². The van der Waals surface area contributed by atoms with Crippen LogP contribution in [0.2, 0.25) is 5.15 Å². The van der Waals surface area contributed by atoms with Gasteiger partial charge in [-0.05, 0) is 38.1 Å². The molecule has 0 radical (unpaired) electrons. The Labute approximate surface area is 206 Å². The molecule has 0 fully saturated rings. The lowest BCUT2D eigenvalue weighted by atomic mass is 10.1. The predicted molar refractivity (Wildman–Crippen MR) is 130 cm³/mol. The third kappa shape index (κ3) is 4.28. The van der Waals surface area contributed by atoms with Gasteiger partial charge in [0, 0.05) is 37.8 Å². The first-order valence-corrected chi connectivity index (χ1v) is 13.1. The van der Waals surface area contributed by atoms with Gasteiger partial charge in [0.2, 0.25) is 5.91 Å². The van der Waals surface area contributed by atoms with Gasteiger partial charge < -0.3 is 4.57 Å². The standard InChI is InChI=1S/C21H22ClN7O3S2/c1-5-29(34(31,32)18-13(2)26-28(4)19(18)22)17(30)12-33-21-25-24-20(27(21)3)15-8-9-16-14(11-15)7-6-10-23-16/h6-11H,5,12H2,1-4H3. The largest absolute Gasteiger partial charge is 0.305 e. The first kappa shape index (κ1) is 24.2. The molecule has 13 heteroatoms. The smallest absolute Gasteiger partial charge is 0.271 e. The van der Waals surface area contributed by atoms with Crippen molar-refractivity contribution in [2.45, 2.75) is 23.9 Å². The number of benzene rings is 1. The predicted octanol–water partition coefficient (Wildman–Crippen LogP) is 3.06. The lowest BCUT2D eigenvalue weighted by Crippen LogP contribution is -2.38. The normalized spacial score (nSPS) is 11.8. The van der Waals surface area contributed by atoms with Crippen molar-refractivity contribution in [1.29, 1.82) is 0 Å². The fraction of sp³-hybridized carbons (Fsp3) is 0.286. The molecule has 0 N–H and O–H groups in total. The minimum atomic E-state index is -4.16. The van der Waals surface area contributed by atoms with Crippen LogP contribution in [-0.4, -0.2) is 60.5 Å². The van der Waals surface area contributed by atoms with Crippen molar-refractivity contribution in [1.82, 2.24) is 33.8 Å². The number of carbonyl (C=O) groups excluding carboxylic acids is 1. The highest BCUT2D eigenvalue weighted by molar-refractivity contribution is 8.00. The lowest BCUT2D eigenvalue weighted by Gasteiger charge is -2.20. The highest BCUT2D eigenvalue weighted by Crippen LogP contribution is 2.29. The van der Waals surface area contributed by atoms with Gasteiger partial charge in [0.1, 0.15) is 10.0 Å². The summed E-state index contributed by atoms with van der Waals surface area (Å²) in [4.78, 5) is 17.1. The summed E-state index contributed by atoms with van der Waals surface area (Å²) >= 11 is 7.26. The van der Waals surface area contributed by atoms with Gasteiger partial charge in [0.25, 0.3) is 10.0 Å². The number of rotatable bonds is 7. The Hall–Kier alpha value is -2.96. The molecule has 10 nitrogen and oxygen atoms in total. The molecule has 0 aliphatic carbocycles. The van der Waals surface area contributed by atoms with Crippen LogP contribution in [0.1, 0.15) is 12.6 Å². The van der Waals surface area contributed by atoms with Gasteiger partial charge in [-0.2, -0.15) is 5.10 Å². The van der Waals surface area contributed by atoms with Crippen molar-refractivity contribution in [3.63, 3.8) is 0 Å². The van der Waals surface area contributed by atoms with Crippen LogP contribution in [0.3, 0.4) is 0 Å². The Bertz CT molecular complexity index is 1500. The number of amides is 1. The molecule has 0 aliphatic heterocycles. The fourth-order valence-corrected chi connectivity index (χ4v) is 6.59. The molecule has 0 saturated carbocycles. The van der Waals surface area contributed by atoms with E-state index >= 15 is 0 Å². The van der Waals surface area contributed by atoms with E-state index in [1.54, 1.807) is 31.8 Å². The summed E-state index contributed by atoms with van der Waals surface area (Å²) in [7, 11) is -0.822. The Balaban J connectivity index is 1.54. The van der Waals surface area contributed by atoms with E-state index in [0.717, 1.165) is 32.5 Å². The molecule has 178 valence electrons. The lowest BCUT2D eigenvalue weighted by molar-refractivity contribution is -0.123. The van der Waals surface area contributed by atoms with Crippen molar-refractivity contribution >= 4 is 50.2 Å². The van der Waals surface area contributed by atoms with Gasteiger partial charge in [-0.25, -0.2) is 12.7 Å². The second-order valence-corrected chi connectivity index (χ2v) is 10.6. The van der Waals surface area contributed by atoms with E-state index in [1.807, 2.05) is 30.3 Å². The number of carbonyl (C=O) groups is 1. The molecular formula is C21H22ClN7O3S2. The number of halogens is 1. The number of hydrogen-bond acceptors (Lipinski definition) is 8. The summed E-state index contributed by atoms with van der Waals surface area (Å²) in [5.41, 5.74) is 1.96. The van der Waals surface area contributed by atoms with Gasteiger partial charge in [0.05, 0.1) is 17.0 Å². The quantitative estimate of drug-likeness (QED) is 0.342. The maximum atomic E-state index is 13.2. The van der Waals surface area contributed by atoms with E-state index < -0.39 is 15.9 Å². The molecule has 4 rings (SSSR count). The fourth-order valence-electron chi connectivity index (χ4n) is 3.60. The second-order valence-electron chi connectivity index (χ2n) is 7.46. The zero-order valence-electron chi connectivity index (χ0n) is 18.9. The first-order valence-electron chi connectivity index (χ1n) is 10.3. The molecule has 1 amide bonds. The summed E-state index contributed by atoms with van der Waals surface area (Å²) in [5.74, 6) is -0.107. The SMILES string of the molecule is CCN(C(=O)CSc1nnc(-c2ccc3ncccc3c2)n1C)S(=O)(=O)c1c(C)nn(C)c1Cl. The number of aromatic nitrogens is 6. The van der Waals surface area contributed by atoms with Crippen LogP contribution in [0.4, 0.5) is 0 Å². The number of thioether (sulfide) groups is 1. The highest BCUT2D eigenvalue weighted by Gasteiger charge is 2.34. The Morgan fingerprint density at radius 2 is 1.97 bits per heavy atom. The van der Waals surface area contributed by atoms with Crippen LogP contribution in [0.15, 0.2) is 46.6 Å². The van der Waals surface area contributed by atoms with Crippen LogP contribution in [0, 0.1) is 6.92 Å². The van der Waals surface area contributed by atoms with Crippen molar-refractivity contribution in [3.05, 3.63) is 47.4 Å². The molecule has 0 aliphatic rings. The molecule has 0 bridgehead atoms. The molecule has 3 heterocycles. The van der Waals surface area contributed by atoms with Crippen molar-refractivity contribution in [2.24, 2.45) is 14.1 Å². The molecule has 0 atom stereocenters. The number of sulfonamides is 1. The Morgan fingerprint density at radius 3 is 2.65 bits per heavy atom. The molecule has 3 aromatic heterocycles. The minimum absolute atomic E-state index is 0.0401. The van der Waals surface area contributed by atoms with Crippen LogP contribution in [0.5, 0.6) is 0 Å². The molecular weight excluding hydrogens is 498 g/mol. The highest BCUT2D eigenvalue weighted by atomic mass is 35.5.